The summed E-state index contributed by atoms with van der Waals surface area (Å²) in [7, 11) is 0. The molecular weight excluding hydrogens is 198 g/mol. The van der Waals surface area contributed by atoms with Crippen LogP contribution in [0.4, 0.5) is 11.6 Å². The Balaban J connectivity index is 1.90. The molecule has 0 N–H and O–H groups in total. The Morgan fingerprint density at radius 3 is 2.69 bits per heavy atom. The van der Waals surface area contributed by atoms with E-state index < -0.39 is 0 Å². The highest BCUT2D eigenvalue weighted by Gasteiger charge is 2.21. The Bertz CT molecular complexity index is 444. The van der Waals surface area contributed by atoms with Gasteiger partial charge in [-0.15, -0.1) is 0 Å². The molecule has 2 aliphatic rings. The number of pyridine rings is 1. The SMILES string of the molecule is CC(C)C1=Nc2nc(N3CCC3)ccc2C1. The molecule has 1 aromatic rings. The maximum absolute atomic E-state index is 4.65. The summed E-state index contributed by atoms with van der Waals surface area (Å²) in [5.74, 6) is 2.58. The van der Waals surface area contributed by atoms with Gasteiger partial charge in [0.15, 0.2) is 5.82 Å². The summed E-state index contributed by atoms with van der Waals surface area (Å²) in [5, 5.41) is 0. The van der Waals surface area contributed by atoms with Crippen LogP contribution in [-0.2, 0) is 6.42 Å². The average Bonchev–Trinajstić information content (AvgIpc) is 2.57. The van der Waals surface area contributed by atoms with E-state index in [1.54, 1.807) is 0 Å². The van der Waals surface area contributed by atoms with Gasteiger partial charge >= 0.3 is 0 Å². The monoisotopic (exact) mass is 215 g/mol. The fraction of sp³-hybridized carbons (Fsp3) is 0.538. The largest absolute Gasteiger partial charge is 0.356 e. The molecule has 0 amide bonds. The minimum Gasteiger partial charge on any atom is -0.356 e. The van der Waals surface area contributed by atoms with Crippen LogP contribution >= 0.6 is 0 Å². The second kappa shape index (κ2) is 3.58. The molecule has 0 bridgehead atoms. The van der Waals surface area contributed by atoms with E-state index in [2.05, 4.69) is 40.9 Å². The first kappa shape index (κ1) is 9.82. The molecule has 2 aliphatic heterocycles. The highest BCUT2D eigenvalue weighted by Crippen LogP contribution is 2.30. The van der Waals surface area contributed by atoms with Crippen molar-refractivity contribution in [1.82, 2.24) is 4.98 Å². The molecule has 84 valence electrons. The van der Waals surface area contributed by atoms with Crippen LogP contribution < -0.4 is 4.90 Å². The van der Waals surface area contributed by atoms with E-state index in [0.717, 1.165) is 31.1 Å². The van der Waals surface area contributed by atoms with Gasteiger partial charge in [0.05, 0.1) is 0 Å². The molecule has 3 nitrogen and oxygen atoms in total. The topological polar surface area (TPSA) is 28.5 Å². The summed E-state index contributed by atoms with van der Waals surface area (Å²) < 4.78 is 0. The van der Waals surface area contributed by atoms with Crippen LogP contribution in [-0.4, -0.2) is 23.8 Å². The summed E-state index contributed by atoms with van der Waals surface area (Å²) >= 11 is 0. The van der Waals surface area contributed by atoms with Crippen molar-refractivity contribution in [3.63, 3.8) is 0 Å². The van der Waals surface area contributed by atoms with Crippen LogP contribution in [0.25, 0.3) is 0 Å². The highest BCUT2D eigenvalue weighted by molar-refractivity contribution is 5.94. The van der Waals surface area contributed by atoms with Crippen molar-refractivity contribution in [2.24, 2.45) is 10.9 Å². The zero-order valence-electron chi connectivity index (χ0n) is 9.90. The molecule has 0 saturated carbocycles. The van der Waals surface area contributed by atoms with Crippen molar-refractivity contribution >= 4 is 17.3 Å². The lowest BCUT2D eigenvalue weighted by atomic mass is 10.0. The molecule has 0 atom stereocenters. The molecular formula is C13H17N3. The van der Waals surface area contributed by atoms with Gasteiger partial charge in [-0.1, -0.05) is 19.9 Å². The van der Waals surface area contributed by atoms with E-state index in [1.165, 1.54) is 17.7 Å². The number of anilines is 1. The molecule has 3 heterocycles. The third kappa shape index (κ3) is 1.51. The van der Waals surface area contributed by atoms with Crippen LogP contribution in [0.15, 0.2) is 17.1 Å². The van der Waals surface area contributed by atoms with Crippen LogP contribution in [0.1, 0.15) is 25.8 Å². The summed E-state index contributed by atoms with van der Waals surface area (Å²) in [6.45, 7) is 6.68. The molecule has 0 aromatic carbocycles. The number of rotatable bonds is 2. The molecule has 16 heavy (non-hydrogen) atoms. The van der Waals surface area contributed by atoms with Gasteiger partial charge in [0, 0.05) is 30.8 Å². The molecule has 0 unspecified atom stereocenters. The van der Waals surface area contributed by atoms with Gasteiger partial charge in [-0.05, 0) is 18.4 Å². The standard InChI is InChI=1S/C13H17N3/c1-9(2)11-8-10-4-5-12(15-13(10)14-11)16-6-3-7-16/h4-5,9H,3,6-8H2,1-2H3. The van der Waals surface area contributed by atoms with Gasteiger partial charge in [0.1, 0.15) is 5.82 Å². The Morgan fingerprint density at radius 2 is 2.06 bits per heavy atom. The summed E-state index contributed by atoms with van der Waals surface area (Å²) in [5.41, 5.74) is 2.55. The normalized spacial score (nSPS) is 18.4. The van der Waals surface area contributed by atoms with E-state index in [4.69, 9.17) is 0 Å². The van der Waals surface area contributed by atoms with Crippen molar-refractivity contribution in [3.05, 3.63) is 17.7 Å². The van der Waals surface area contributed by atoms with Crippen LogP contribution in [0.2, 0.25) is 0 Å². The number of fused-ring (bicyclic) bond motifs is 1. The molecule has 1 saturated heterocycles. The lowest BCUT2D eigenvalue weighted by molar-refractivity contribution is 0.610. The smallest absolute Gasteiger partial charge is 0.157 e. The van der Waals surface area contributed by atoms with Gasteiger partial charge in [-0.25, -0.2) is 9.98 Å². The Morgan fingerprint density at radius 1 is 1.25 bits per heavy atom. The average molecular weight is 215 g/mol. The number of hydrogen-bond acceptors (Lipinski definition) is 3. The Hall–Kier alpha value is -1.38. The third-order valence-corrected chi connectivity index (χ3v) is 3.41. The summed E-state index contributed by atoms with van der Waals surface area (Å²) in [6, 6.07) is 4.33. The fourth-order valence-electron chi connectivity index (χ4n) is 2.13. The molecule has 3 rings (SSSR count). The predicted octanol–water partition coefficient (Wildman–Crippen LogP) is 2.58. The third-order valence-electron chi connectivity index (χ3n) is 3.41. The molecule has 0 aliphatic carbocycles. The van der Waals surface area contributed by atoms with E-state index in [9.17, 15) is 0 Å². The first-order chi connectivity index (χ1) is 7.74. The van der Waals surface area contributed by atoms with Crippen molar-refractivity contribution in [2.75, 3.05) is 18.0 Å². The van der Waals surface area contributed by atoms with Gasteiger partial charge in [-0.3, -0.25) is 0 Å². The zero-order chi connectivity index (χ0) is 11.1. The van der Waals surface area contributed by atoms with Crippen LogP contribution in [0.3, 0.4) is 0 Å². The van der Waals surface area contributed by atoms with Gasteiger partial charge in [0.25, 0.3) is 0 Å². The predicted molar refractivity (Wildman–Crippen MR) is 66.7 cm³/mol. The number of aliphatic imine (C=N–C) groups is 1. The first-order valence-corrected chi connectivity index (χ1v) is 6.06. The van der Waals surface area contributed by atoms with E-state index >= 15 is 0 Å². The Labute approximate surface area is 96.2 Å². The second-order valence-electron chi connectivity index (χ2n) is 4.93. The molecule has 0 radical (unpaired) electrons. The second-order valence-corrected chi connectivity index (χ2v) is 4.93. The lowest BCUT2D eigenvalue weighted by Gasteiger charge is -2.32. The quantitative estimate of drug-likeness (QED) is 0.758. The zero-order valence-corrected chi connectivity index (χ0v) is 9.90. The van der Waals surface area contributed by atoms with E-state index in [0.29, 0.717) is 5.92 Å². The van der Waals surface area contributed by atoms with Crippen molar-refractivity contribution in [3.8, 4) is 0 Å². The number of hydrogen-bond donors (Lipinski definition) is 0. The van der Waals surface area contributed by atoms with Gasteiger partial charge in [0.2, 0.25) is 0 Å². The number of aromatic nitrogens is 1. The lowest BCUT2D eigenvalue weighted by Crippen LogP contribution is -2.37. The van der Waals surface area contributed by atoms with Crippen LogP contribution in [0, 0.1) is 5.92 Å². The highest BCUT2D eigenvalue weighted by atomic mass is 15.2. The summed E-state index contributed by atoms with van der Waals surface area (Å²) in [6.07, 6.45) is 2.28. The molecule has 3 heteroatoms. The van der Waals surface area contributed by atoms with Crippen molar-refractivity contribution < 1.29 is 0 Å². The van der Waals surface area contributed by atoms with E-state index in [1.807, 2.05) is 0 Å². The van der Waals surface area contributed by atoms with Gasteiger partial charge < -0.3 is 4.90 Å². The minimum absolute atomic E-state index is 0.529. The summed E-state index contributed by atoms with van der Waals surface area (Å²) in [4.78, 5) is 11.6. The van der Waals surface area contributed by atoms with Crippen molar-refractivity contribution in [2.45, 2.75) is 26.7 Å². The van der Waals surface area contributed by atoms with E-state index in [-0.39, 0.29) is 0 Å². The first-order valence-electron chi connectivity index (χ1n) is 6.06. The Kier molecular flexibility index (Phi) is 2.20. The maximum atomic E-state index is 4.65. The molecule has 1 aromatic heterocycles. The minimum atomic E-state index is 0.529. The number of nitrogens with zero attached hydrogens (tertiary/aromatic N) is 3. The van der Waals surface area contributed by atoms with Gasteiger partial charge in [-0.2, -0.15) is 0 Å². The maximum Gasteiger partial charge on any atom is 0.157 e. The fourth-order valence-corrected chi connectivity index (χ4v) is 2.13. The van der Waals surface area contributed by atoms with Crippen LogP contribution in [0.5, 0.6) is 0 Å². The molecule has 0 spiro atoms. The van der Waals surface area contributed by atoms with Crippen molar-refractivity contribution in [1.29, 1.82) is 0 Å². The molecule has 1 fully saturated rings.